The Kier molecular flexibility index (Phi) is 5.63. The lowest BCUT2D eigenvalue weighted by molar-refractivity contribution is 0.151. The van der Waals surface area contributed by atoms with Crippen molar-refractivity contribution in [2.75, 3.05) is 11.9 Å². The summed E-state index contributed by atoms with van der Waals surface area (Å²) in [4.78, 5) is 6.77. The molecule has 0 radical (unpaired) electrons. The van der Waals surface area contributed by atoms with Crippen molar-refractivity contribution >= 4 is 45.5 Å². The zero-order valence-electron chi connectivity index (χ0n) is 15.8. The average Bonchev–Trinajstić information content (AvgIpc) is 2.67. The second-order valence-corrected chi connectivity index (χ2v) is 8.29. The van der Waals surface area contributed by atoms with Crippen LogP contribution in [0.25, 0.3) is 10.9 Å². The summed E-state index contributed by atoms with van der Waals surface area (Å²) in [5.41, 5.74) is 3.07. The van der Waals surface area contributed by atoms with E-state index in [9.17, 15) is 5.11 Å². The maximum absolute atomic E-state index is 10.9. The van der Waals surface area contributed by atoms with Crippen LogP contribution in [0.1, 0.15) is 31.7 Å². The topological polar surface area (TPSA) is 48.4 Å². The van der Waals surface area contributed by atoms with Crippen LogP contribution in [0.3, 0.4) is 0 Å². The summed E-state index contributed by atoms with van der Waals surface area (Å²) in [5.74, 6) is 0.237. The molecule has 0 spiro atoms. The molecule has 1 unspecified atom stereocenters. The van der Waals surface area contributed by atoms with Gasteiger partial charge in [-0.1, -0.05) is 29.6 Å². The standard InChI is InChI=1S/C22H23Cl2N3O/c1-14-4-2-3-9-27(14)13-15-10-17(24)12-21(22(15)28)26-19-7-8-25-20-11-16(23)5-6-18(19)20/h5-8,10-12,14,28H,2-4,9,13H2,1H3,(H,25,26). The third kappa shape index (κ3) is 4.04. The van der Waals surface area contributed by atoms with Gasteiger partial charge in [0.05, 0.1) is 11.2 Å². The summed E-state index contributed by atoms with van der Waals surface area (Å²) in [6, 6.07) is 11.6. The molecule has 6 heteroatoms. The van der Waals surface area contributed by atoms with Gasteiger partial charge < -0.3 is 10.4 Å². The molecule has 2 aromatic carbocycles. The molecule has 1 aliphatic heterocycles. The SMILES string of the molecule is CC1CCCCN1Cc1cc(Cl)cc(Nc2ccnc3cc(Cl)ccc23)c1O. The number of nitrogens with one attached hydrogen (secondary N) is 1. The van der Waals surface area contributed by atoms with E-state index >= 15 is 0 Å². The molecule has 2 N–H and O–H groups in total. The molecule has 28 heavy (non-hydrogen) atoms. The number of halogens is 2. The molecule has 146 valence electrons. The van der Waals surface area contributed by atoms with Crippen LogP contribution in [0.5, 0.6) is 5.75 Å². The molecule has 1 fully saturated rings. The highest BCUT2D eigenvalue weighted by atomic mass is 35.5. The normalized spacial score (nSPS) is 17.8. The van der Waals surface area contributed by atoms with Gasteiger partial charge in [0.15, 0.2) is 0 Å². The Bertz CT molecular complexity index is 1010. The Morgan fingerprint density at radius 1 is 1.11 bits per heavy atom. The fourth-order valence-electron chi connectivity index (χ4n) is 3.86. The van der Waals surface area contributed by atoms with Crippen molar-refractivity contribution in [1.82, 2.24) is 9.88 Å². The first-order valence-corrected chi connectivity index (χ1v) is 10.3. The summed E-state index contributed by atoms with van der Waals surface area (Å²) in [7, 11) is 0. The van der Waals surface area contributed by atoms with E-state index in [1.165, 1.54) is 19.3 Å². The molecule has 3 aromatic rings. The Morgan fingerprint density at radius 3 is 2.79 bits per heavy atom. The molecule has 0 amide bonds. The monoisotopic (exact) mass is 415 g/mol. The minimum absolute atomic E-state index is 0.237. The predicted molar refractivity (Wildman–Crippen MR) is 117 cm³/mol. The number of benzene rings is 2. The van der Waals surface area contributed by atoms with Gasteiger partial charge in [0.2, 0.25) is 0 Å². The van der Waals surface area contributed by atoms with Crippen molar-refractivity contribution in [2.45, 2.75) is 38.8 Å². The molecular formula is C22H23Cl2N3O. The third-order valence-corrected chi connectivity index (χ3v) is 5.90. The number of hydrogen-bond acceptors (Lipinski definition) is 4. The van der Waals surface area contributed by atoms with E-state index in [4.69, 9.17) is 23.2 Å². The van der Waals surface area contributed by atoms with E-state index in [0.717, 1.165) is 28.7 Å². The lowest BCUT2D eigenvalue weighted by Gasteiger charge is -2.33. The minimum Gasteiger partial charge on any atom is -0.505 e. The van der Waals surface area contributed by atoms with Crippen LogP contribution in [0.15, 0.2) is 42.6 Å². The van der Waals surface area contributed by atoms with E-state index < -0.39 is 0 Å². The van der Waals surface area contributed by atoms with E-state index in [2.05, 4.69) is 22.1 Å². The van der Waals surface area contributed by atoms with Crippen molar-refractivity contribution < 1.29 is 5.11 Å². The lowest BCUT2D eigenvalue weighted by Crippen LogP contribution is -2.36. The Hall–Kier alpha value is -2.01. The van der Waals surface area contributed by atoms with Crippen LogP contribution in [0, 0.1) is 0 Å². The first-order valence-electron chi connectivity index (χ1n) is 9.58. The van der Waals surface area contributed by atoms with Gasteiger partial charge in [-0.3, -0.25) is 9.88 Å². The van der Waals surface area contributed by atoms with Crippen molar-refractivity contribution in [3.05, 3.63) is 58.2 Å². The van der Waals surface area contributed by atoms with Crippen molar-refractivity contribution in [2.24, 2.45) is 0 Å². The summed E-state index contributed by atoms with van der Waals surface area (Å²) in [6.07, 6.45) is 5.38. The molecule has 2 heterocycles. The molecule has 0 saturated carbocycles. The molecule has 4 nitrogen and oxygen atoms in total. The number of fused-ring (bicyclic) bond motifs is 1. The number of aromatic hydroxyl groups is 1. The van der Waals surface area contributed by atoms with Gasteiger partial charge in [-0.05, 0) is 62.7 Å². The number of aromatic nitrogens is 1. The van der Waals surface area contributed by atoms with Crippen molar-refractivity contribution in [3.8, 4) is 5.75 Å². The maximum atomic E-state index is 10.9. The average molecular weight is 416 g/mol. The van der Waals surface area contributed by atoms with Gasteiger partial charge in [-0.25, -0.2) is 0 Å². The molecule has 0 bridgehead atoms. The molecule has 1 saturated heterocycles. The van der Waals surface area contributed by atoms with Gasteiger partial charge in [-0.15, -0.1) is 0 Å². The van der Waals surface area contributed by atoms with Crippen LogP contribution in [0.2, 0.25) is 10.0 Å². The highest BCUT2D eigenvalue weighted by molar-refractivity contribution is 6.31. The summed E-state index contributed by atoms with van der Waals surface area (Å²) >= 11 is 12.5. The van der Waals surface area contributed by atoms with Gasteiger partial charge in [0.1, 0.15) is 5.75 Å². The lowest BCUT2D eigenvalue weighted by atomic mass is 10.0. The van der Waals surface area contributed by atoms with Crippen molar-refractivity contribution in [1.29, 1.82) is 0 Å². The fourth-order valence-corrected chi connectivity index (χ4v) is 4.27. The van der Waals surface area contributed by atoms with E-state index in [-0.39, 0.29) is 5.75 Å². The van der Waals surface area contributed by atoms with Crippen LogP contribution < -0.4 is 5.32 Å². The Labute approximate surface area is 175 Å². The quantitative estimate of drug-likeness (QED) is 0.486. The van der Waals surface area contributed by atoms with Crippen molar-refractivity contribution in [3.63, 3.8) is 0 Å². The summed E-state index contributed by atoms with van der Waals surface area (Å²) < 4.78 is 0. The van der Waals surface area contributed by atoms with E-state index in [0.29, 0.717) is 28.3 Å². The number of piperidine rings is 1. The van der Waals surface area contributed by atoms with Gasteiger partial charge in [0.25, 0.3) is 0 Å². The number of phenols is 1. The van der Waals surface area contributed by atoms with Crippen LogP contribution in [0.4, 0.5) is 11.4 Å². The summed E-state index contributed by atoms with van der Waals surface area (Å²) in [5, 5.41) is 16.4. The Morgan fingerprint density at radius 2 is 1.96 bits per heavy atom. The number of hydrogen-bond donors (Lipinski definition) is 2. The maximum Gasteiger partial charge on any atom is 0.143 e. The largest absolute Gasteiger partial charge is 0.505 e. The number of likely N-dealkylation sites (tertiary alicyclic amines) is 1. The second-order valence-electron chi connectivity index (χ2n) is 7.42. The zero-order chi connectivity index (χ0) is 19.7. The van der Waals surface area contributed by atoms with Gasteiger partial charge in [-0.2, -0.15) is 0 Å². The minimum atomic E-state index is 0.237. The number of rotatable bonds is 4. The second kappa shape index (κ2) is 8.16. The number of phenolic OH excluding ortho intramolecular Hbond substituents is 1. The number of anilines is 2. The van der Waals surface area contributed by atoms with E-state index in [1.54, 1.807) is 12.3 Å². The molecule has 4 rings (SSSR count). The highest BCUT2D eigenvalue weighted by Gasteiger charge is 2.21. The zero-order valence-corrected chi connectivity index (χ0v) is 17.3. The first kappa shape index (κ1) is 19.3. The van der Waals surface area contributed by atoms with Crippen LogP contribution in [-0.4, -0.2) is 27.6 Å². The van der Waals surface area contributed by atoms with Crippen LogP contribution in [-0.2, 0) is 6.54 Å². The first-order chi connectivity index (χ1) is 13.5. The van der Waals surface area contributed by atoms with Crippen LogP contribution >= 0.6 is 23.2 Å². The van der Waals surface area contributed by atoms with E-state index in [1.807, 2.05) is 30.3 Å². The summed E-state index contributed by atoms with van der Waals surface area (Å²) in [6.45, 7) is 3.98. The highest BCUT2D eigenvalue weighted by Crippen LogP contribution is 2.37. The smallest absolute Gasteiger partial charge is 0.143 e. The predicted octanol–water partition coefficient (Wildman–Crippen LogP) is 6.37. The third-order valence-electron chi connectivity index (χ3n) is 5.44. The Balaban J connectivity index is 1.66. The molecule has 1 atom stereocenters. The molecule has 0 aliphatic carbocycles. The molecule has 1 aliphatic rings. The van der Waals surface area contributed by atoms with Gasteiger partial charge >= 0.3 is 0 Å². The number of nitrogens with zero attached hydrogens (tertiary/aromatic N) is 2. The number of pyridine rings is 1. The fraction of sp³-hybridized carbons (Fsp3) is 0.318. The molecule has 1 aromatic heterocycles. The van der Waals surface area contributed by atoms with Gasteiger partial charge in [0, 0.05) is 45.5 Å². The molecular weight excluding hydrogens is 393 g/mol.